The Balaban J connectivity index is 0.000000149. The Morgan fingerprint density at radius 1 is 0.380 bits per heavy atom. The second-order valence-corrected chi connectivity index (χ2v) is 24.2. The zero-order valence-corrected chi connectivity index (χ0v) is 35.7. The minimum Gasteiger partial charge on any atom is -0.183 e. The summed E-state index contributed by atoms with van der Waals surface area (Å²) in [6.45, 7) is 0. The Bertz CT molecular complexity index is 917. The van der Waals surface area contributed by atoms with Gasteiger partial charge in [-0.25, -0.2) is 0 Å². The fraction of sp³-hybridized carbons (Fsp3) is 0.783. The summed E-state index contributed by atoms with van der Waals surface area (Å²) in [5.41, 5.74) is 7.36. The van der Waals surface area contributed by atoms with Crippen LogP contribution in [0.4, 0.5) is 0 Å². The molecule has 50 heavy (non-hydrogen) atoms. The second kappa shape index (κ2) is 24.7. The molecular weight excluding hydrogens is 709 g/mol. The SMILES string of the molecule is C1CCC([PH+](C2CCCCC2)C2CCCCC2)CC1.C1CCC([PH+](C2CCCCC2)C2CCCCC2)CC1.[Cl][Ni].[c-]1ccc2ccccc2c1. The Morgan fingerprint density at radius 3 is 0.900 bits per heavy atom. The predicted octanol–water partition coefficient (Wildman–Crippen LogP) is 15.7. The molecule has 0 N–H and O–H groups in total. The number of hydrogen-bond acceptors (Lipinski definition) is 0. The molecule has 6 fully saturated rings. The van der Waals surface area contributed by atoms with Crippen LogP contribution in [0.5, 0.6) is 0 Å². The Kier molecular flexibility index (Phi) is 20.5. The normalized spacial score (nSPS) is 24.1. The van der Waals surface area contributed by atoms with Crippen LogP contribution in [0, 0.1) is 6.07 Å². The van der Waals surface area contributed by atoms with Gasteiger partial charge in [0.05, 0.1) is 34.0 Å². The fourth-order valence-corrected chi connectivity index (χ4v) is 22.1. The molecule has 2 aromatic rings. The molecule has 0 atom stereocenters. The van der Waals surface area contributed by atoms with Gasteiger partial charge in [-0.05, 0) is 154 Å². The first-order valence-electron chi connectivity index (χ1n) is 22.1. The maximum absolute atomic E-state index is 4.26. The predicted molar refractivity (Wildman–Crippen MR) is 227 cm³/mol. The average molecular weight is 784 g/mol. The van der Waals surface area contributed by atoms with Gasteiger partial charge in [0.2, 0.25) is 0 Å². The number of benzene rings is 2. The van der Waals surface area contributed by atoms with E-state index >= 15 is 0 Å². The summed E-state index contributed by atoms with van der Waals surface area (Å²) in [7, 11) is 4.17. The largest absolute Gasteiger partial charge is 0.183 e. The van der Waals surface area contributed by atoms with Crippen molar-refractivity contribution in [3.63, 3.8) is 0 Å². The molecule has 0 aromatic heterocycles. The molecule has 4 heteroatoms. The van der Waals surface area contributed by atoms with Crippen LogP contribution in [0.3, 0.4) is 0 Å². The van der Waals surface area contributed by atoms with E-state index in [-0.39, 0.29) is 15.8 Å². The molecule has 0 spiro atoms. The fourth-order valence-electron chi connectivity index (χ4n) is 11.7. The first kappa shape index (κ1) is 41.5. The standard InChI is InChI=1S/2C18H33P.C10H7.ClH.Ni/c2*1-4-10-16(11-5-1)19(17-12-6-2-7-13-17)18-14-8-3-9-15-18;1-2-6-10-8-4-3-7-9(10)5-1;;/h2*16-18H,1-15H2;1-3,5-8H;1H;/q;;-1;;+1/p+1. The van der Waals surface area contributed by atoms with Crippen LogP contribution in [-0.2, 0) is 14.6 Å². The van der Waals surface area contributed by atoms with Gasteiger partial charge >= 0.3 is 24.8 Å². The van der Waals surface area contributed by atoms with Crippen LogP contribution in [0.15, 0.2) is 42.5 Å². The summed E-state index contributed by atoms with van der Waals surface area (Å²) in [4.78, 5) is 0. The molecule has 285 valence electrons. The second-order valence-electron chi connectivity index (χ2n) is 17.3. The molecule has 0 amide bonds. The van der Waals surface area contributed by atoms with Crippen LogP contribution < -0.4 is 0 Å². The molecule has 0 aliphatic heterocycles. The van der Waals surface area contributed by atoms with Crippen LogP contribution in [0.25, 0.3) is 10.8 Å². The quantitative estimate of drug-likeness (QED) is 0.156. The van der Waals surface area contributed by atoms with E-state index in [1.165, 1.54) is 44.7 Å². The number of rotatable bonds is 6. The maximum atomic E-state index is 4.26. The summed E-state index contributed by atoms with van der Waals surface area (Å²) in [6, 6.07) is 17.3. The van der Waals surface area contributed by atoms with Crippen molar-refractivity contribution < 1.29 is 14.6 Å². The summed E-state index contributed by atoms with van der Waals surface area (Å²) >= 11 is 3.35. The average Bonchev–Trinajstić information content (AvgIpc) is 3.22. The van der Waals surface area contributed by atoms with Crippen molar-refractivity contribution in [3.8, 4) is 0 Å². The molecule has 0 bridgehead atoms. The smallest absolute Gasteiger partial charge is 0.0648 e. The first-order valence-corrected chi connectivity index (χ1v) is 26.9. The number of halogens is 1. The van der Waals surface area contributed by atoms with Crippen molar-refractivity contribution in [3.05, 3.63) is 48.5 Å². The van der Waals surface area contributed by atoms with E-state index in [2.05, 4.69) is 49.0 Å². The molecule has 0 unspecified atom stereocenters. The first-order chi connectivity index (χ1) is 24.9. The third-order valence-electron chi connectivity index (χ3n) is 14.1. The van der Waals surface area contributed by atoms with E-state index in [1.54, 1.807) is 193 Å². The van der Waals surface area contributed by atoms with Gasteiger partial charge in [0.25, 0.3) is 0 Å². The topological polar surface area (TPSA) is 0 Å². The zero-order valence-electron chi connectivity index (χ0n) is 31.9. The van der Waals surface area contributed by atoms with E-state index < -0.39 is 0 Å². The third-order valence-corrected chi connectivity index (χ3v) is 23.2. The van der Waals surface area contributed by atoms with E-state index in [4.69, 9.17) is 0 Å². The van der Waals surface area contributed by atoms with E-state index in [9.17, 15) is 0 Å². The van der Waals surface area contributed by atoms with Gasteiger partial charge in [-0.1, -0.05) is 56.7 Å². The molecule has 0 radical (unpaired) electrons. The Labute approximate surface area is 324 Å². The van der Waals surface area contributed by atoms with Crippen LogP contribution in [-0.4, -0.2) is 34.0 Å². The molecule has 6 aliphatic rings. The molecule has 6 aliphatic carbocycles. The maximum Gasteiger partial charge on any atom is -0.0648 e. The monoisotopic (exact) mass is 782 g/mol. The van der Waals surface area contributed by atoms with Crippen LogP contribution in [0.2, 0.25) is 0 Å². The molecule has 8 rings (SSSR count). The van der Waals surface area contributed by atoms with Gasteiger partial charge in [-0.15, -0.1) is 16.8 Å². The van der Waals surface area contributed by atoms with E-state index in [1.807, 2.05) is 24.3 Å². The molecule has 2 aromatic carbocycles. The summed E-state index contributed by atoms with van der Waals surface area (Å²) < 4.78 is 0. The van der Waals surface area contributed by atoms with Crippen molar-refractivity contribution in [2.45, 2.75) is 227 Å². The van der Waals surface area contributed by atoms with Crippen molar-refractivity contribution >= 4 is 36.8 Å². The van der Waals surface area contributed by atoms with Crippen molar-refractivity contribution in [2.75, 3.05) is 0 Å². The van der Waals surface area contributed by atoms with Crippen LogP contribution >= 0.6 is 26.0 Å². The van der Waals surface area contributed by atoms with Crippen molar-refractivity contribution in [1.29, 1.82) is 0 Å². The number of hydrogen-bond donors (Lipinski definition) is 0. The summed E-state index contributed by atoms with van der Waals surface area (Å²) in [5, 5.41) is 2.53. The van der Waals surface area contributed by atoms with Crippen molar-refractivity contribution in [1.82, 2.24) is 0 Å². The van der Waals surface area contributed by atoms with Crippen LogP contribution in [0.1, 0.15) is 193 Å². The molecule has 0 nitrogen and oxygen atoms in total. The number of fused-ring (bicyclic) bond motifs is 1. The van der Waals surface area contributed by atoms with Crippen molar-refractivity contribution in [2.24, 2.45) is 0 Å². The molecule has 0 heterocycles. The van der Waals surface area contributed by atoms with Gasteiger partial charge in [0, 0.05) is 15.8 Å². The zero-order chi connectivity index (χ0) is 34.6. The summed E-state index contributed by atoms with van der Waals surface area (Å²) in [5.74, 6) is 0. The minimum atomic E-state index is -0.0465. The Hall–Kier alpha value is 0.344. The van der Waals surface area contributed by atoms with Gasteiger partial charge in [0.1, 0.15) is 0 Å². The van der Waals surface area contributed by atoms with Gasteiger partial charge in [0.15, 0.2) is 0 Å². The molecule has 6 saturated carbocycles. The third kappa shape index (κ3) is 13.3. The van der Waals surface area contributed by atoms with E-state index in [0.29, 0.717) is 0 Å². The van der Waals surface area contributed by atoms with Gasteiger partial charge < -0.3 is 0 Å². The van der Waals surface area contributed by atoms with Gasteiger partial charge in [-0.3, -0.25) is 0 Å². The van der Waals surface area contributed by atoms with Gasteiger partial charge in [-0.2, -0.15) is 24.3 Å². The minimum absolute atomic E-state index is 0.0465. The molecule has 0 saturated heterocycles. The van der Waals surface area contributed by atoms with E-state index in [0.717, 1.165) is 0 Å². The summed E-state index contributed by atoms with van der Waals surface area (Å²) in [6.07, 6.45) is 47.6. The molecular formula is C46H75ClNiP2+. The Morgan fingerprint density at radius 2 is 0.640 bits per heavy atom.